The van der Waals surface area contributed by atoms with Crippen LogP contribution >= 0.6 is 34.8 Å². The number of quaternary nitrogens is 1. The minimum absolute atomic E-state index is 0.108. The van der Waals surface area contributed by atoms with Gasteiger partial charge in [0.05, 0.1) is 20.8 Å². The summed E-state index contributed by atoms with van der Waals surface area (Å²) in [5, 5.41) is 6.07. The highest BCUT2D eigenvalue weighted by Crippen LogP contribution is 2.32. The molecule has 0 radical (unpaired) electrons. The second-order valence-corrected chi connectivity index (χ2v) is 7.64. The van der Waals surface area contributed by atoms with Crippen LogP contribution in [-0.2, 0) is 11.2 Å². The zero-order valence-electron chi connectivity index (χ0n) is 13.9. The largest absolute Gasteiger partial charge is 0.330 e. The van der Waals surface area contributed by atoms with Gasteiger partial charge in [-0.05, 0) is 37.5 Å². The summed E-state index contributed by atoms with van der Waals surface area (Å²) in [6.07, 6.45) is 3.33. The highest BCUT2D eigenvalue weighted by molar-refractivity contribution is 6.44. The van der Waals surface area contributed by atoms with Gasteiger partial charge in [-0.2, -0.15) is 0 Å². The highest BCUT2D eigenvalue weighted by atomic mass is 35.5. The SMILES string of the molecule is C[C@H]([NH2+][C@H]1CCCc2ccccc21)C(=O)Nc1cc(Cl)c(Cl)cc1Cl. The van der Waals surface area contributed by atoms with E-state index in [2.05, 4.69) is 34.9 Å². The van der Waals surface area contributed by atoms with Gasteiger partial charge in [-0.15, -0.1) is 0 Å². The van der Waals surface area contributed by atoms with Crippen molar-refractivity contribution >= 4 is 46.4 Å². The third-order valence-corrected chi connectivity index (χ3v) is 5.65. The van der Waals surface area contributed by atoms with E-state index in [-0.39, 0.29) is 11.9 Å². The second-order valence-electron chi connectivity index (χ2n) is 6.41. The van der Waals surface area contributed by atoms with Crippen molar-refractivity contribution in [2.75, 3.05) is 5.32 Å². The highest BCUT2D eigenvalue weighted by Gasteiger charge is 2.27. The molecule has 2 aromatic carbocycles. The average molecular weight is 399 g/mol. The predicted molar refractivity (Wildman–Crippen MR) is 104 cm³/mol. The quantitative estimate of drug-likeness (QED) is 0.726. The van der Waals surface area contributed by atoms with Crippen molar-refractivity contribution in [1.82, 2.24) is 0 Å². The number of rotatable bonds is 4. The lowest BCUT2D eigenvalue weighted by Gasteiger charge is -2.26. The molecule has 0 spiro atoms. The van der Waals surface area contributed by atoms with Gasteiger partial charge in [-0.25, -0.2) is 0 Å². The lowest BCUT2D eigenvalue weighted by molar-refractivity contribution is -0.714. The Kier molecular flexibility index (Phi) is 5.90. The summed E-state index contributed by atoms with van der Waals surface area (Å²) in [5.74, 6) is -0.108. The molecule has 132 valence electrons. The van der Waals surface area contributed by atoms with Crippen LogP contribution < -0.4 is 10.6 Å². The molecule has 0 unspecified atom stereocenters. The molecule has 25 heavy (non-hydrogen) atoms. The molecule has 0 saturated carbocycles. The van der Waals surface area contributed by atoms with E-state index in [0.717, 1.165) is 19.3 Å². The summed E-state index contributed by atoms with van der Waals surface area (Å²) >= 11 is 18.1. The minimum atomic E-state index is -0.248. The van der Waals surface area contributed by atoms with Gasteiger partial charge in [-0.3, -0.25) is 4.79 Å². The number of halogens is 3. The van der Waals surface area contributed by atoms with Gasteiger partial charge in [0.1, 0.15) is 6.04 Å². The number of aryl methyl sites for hydroxylation is 1. The Labute approximate surface area is 162 Å². The first kappa shape index (κ1) is 18.5. The number of nitrogens with two attached hydrogens (primary N) is 1. The van der Waals surface area contributed by atoms with Crippen LogP contribution in [-0.4, -0.2) is 11.9 Å². The van der Waals surface area contributed by atoms with Crippen LogP contribution in [0.4, 0.5) is 5.69 Å². The fourth-order valence-corrected chi connectivity index (χ4v) is 3.89. The second kappa shape index (κ2) is 7.96. The van der Waals surface area contributed by atoms with Crippen molar-refractivity contribution in [1.29, 1.82) is 0 Å². The molecular formula is C19H20Cl3N2O+. The third kappa shape index (κ3) is 4.29. The number of amides is 1. The van der Waals surface area contributed by atoms with Crippen LogP contribution in [0, 0.1) is 0 Å². The standard InChI is InChI=1S/C19H19Cl3N2O/c1-11(19(25)24-18-10-15(21)14(20)9-16(18)22)23-17-8-4-6-12-5-2-3-7-13(12)17/h2-3,5,7,9-11,17,23H,4,6,8H2,1H3,(H,24,25)/p+1/t11-,17-/m0/s1. The fraction of sp³-hybridized carbons (Fsp3) is 0.316. The van der Waals surface area contributed by atoms with Gasteiger partial charge in [0.25, 0.3) is 5.91 Å². The van der Waals surface area contributed by atoms with Crippen molar-refractivity contribution in [2.45, 2.75) is 38.3 Å². The molecule has 3 nitrogen and oxygen atoms in total. The first-order valence-corrected chi connectivity index (χ1v) is 9.47. The smallest absolute Gasteiger partial charge is 0.282 e. The molecule has 0 heterocycles. The normalized spacial score (nSPS) is 17.7. The lowest BCUT2D eigenvalue weighted by atomic mass is 9.87. The molecule has 2 aromatic rings. The number of anilines is 1. The first-order valence-electron chi connectivity index (χ1n) is 8.34. The molecule has 1 amide bonds. The van der Waals surface area contributed by atoms with Gasteiger partial charge in [0.2, 0.25) is 0 Å². The maximum Gasteiger partial charge on any atom is 0.282 e. The summed E-state index contributed by atoms with van der Waals surface area (Å²) in [5.41, 5.74) is 3.20. The van der Waals surface area contributed by atoms with E-state index in [0.29, 0.717) is 26.8 Å². The third-order valence-electron chi connectivity index (χ3n) is 4.62. The van der Waals surface area contributed by atoms with E-state index < -0.39 is 0 Å². The summed E-state index contributed by atoms with van der Waals surface area (Å²) in [6, 6.07) is 11.6. The molecule has 2 atom stereocenters. The minimum Gasteiger partial charge on any atom is -0.330 e. The summed E-state index contributed by atoms with van der Waals surface area (Å²) in [4.78, 5) is 12.6. The van der Waals surface area contributed by atoms with Crippen LogP contribution in [0.3, 0.4) is 0 Å². The molecule has 0 fully saturated rings. The number of hydrogen-bond donors (Lipinski definition) is 2. The molecule has 0 aromatic heterocycles. The number of benzene rings is 2. The first-order chi connectivity index (χ1) is 12.0. The van der Waals surface area contributed by atoms with Crippen LogP contribution in [0.5, 0.6) is 0 Å². The molecule has 0 aliphatic heterocycles. The Morgan fingerprint density at radius 2 is 1.88 bits per heavy atom. The Bertz CT molecular complexity index is 794. The maximum atomic E-state index is 12.6. The van der Waals surface area contributed by atoms with Crippen LogP contribution in [0.25, 0.3) is 0 Å². The van der Waals surface area contributed by atoms with Gasteiger partial charge < -0.3 is 10.6 Å². The van der Waals surface area contributed by atoms with Gasteiger partial charge >= 0.3 is 0 Å². The van der Waals surface area contributed by atoms with Gasteiger partial charge in [-0.1, -0.05) is 59.1 Å². The number of fused-ring (bicyclic) bond motifs is 1. The van der Waals surface area contributed by atoms with E-state index in [1.165, 1.54) is 17.2 Å². The van der Waals surface area contributed by atoms with Crippen LogP contribution in [0.1, 0.15) is 36.9 Å². The van der Waals surface area contributed by atoms with E-state index in [9.17, 15) is 4.79 Å². The van der Waals surface area contributed by atoms with Crippen LogP contribution in [0.15, 0.2) is 36.4 Å². The predicted octanol–water partition coefficient (Wildman–Crippen LogP) is 4.61. The van der Waals surface area contributed by atoms with E-state index in [1.54, 1.807) is 6.07 Å². The van der Waals surface area contributed by atoms with Crippen molar-refractivity contribution < 1.29 is 10.1 Å². The van der Waals surface area contributed by atoms with Crippen molar-refractivity contribution in [3.05, 3.63) is 62.6 Å². The van der Waals surface area contributed by atoms with E-state index in [4.69, 9.17) is 34.8 Å². The number of nitrogens with one attached hydrogen (secondary N) is 1. The van der Waals surface area contributed by atoms with Crippen molar-refractivity contribution in [3.63, 3.8) is 0 Å². The average Bonchev–Trinajstić information content (AvgIpc) is 2.60. The molecule has 3 rings (SSSR count). The molecule has 0 bridgehead atoms. The molecular weight excluding hydrogens is 379 g/mol. The molecule has 3 N–H and O–H groups in total. The summed E-state index contributed by atoms with van der Waals surface area (Å²) in [7, 11) is 0. The van der Waals surface area contributed by atoms with E-state index >= 15 is 0 Å². The Balaban J connectivity index is 1.69. The zero-order chi connectivity index (χ0) is 18.0. The van der Waals surface area contributed by atoms with Gasteiger partial charge in [0.15, 0.2) is 6.04 Å². The molecule has 6 heteroatoms. The Morgan fingerprint density at radius 3 is 2.68 bits per heavy atom. The van der Waals surface area contributed by atoms with Crippen LogP contribution in [0.2, 0.25) is 15.1 Å². The fourth-order valence-electron chi connectivity index (χ4n) is 3.29. The molecule has 1 aliphatic carbocycles. The molecule has 0 saturated heterocycles. The molecule has 1 aliphatic rings. The topological polar surface area (TPSA) is 45.7 Å². The van der Waals surface area contributed by atoms with E-state index in [1.807, 2.05) is 6.92 Å². The Hall–Kier alpha value is -1.26. The number of hydrogen-bond acceptors (Lipinski definition) is 1. The van der Waals surface area contributed by atoms with Crippen molar-refractivity contribution in [3.8, 4) is 0 Å². The van der Waals surface area contributed by atoms with Gasteiger partial charge in [0, 0.05) is 12.0 Å². The maximum absolute atomic E-state index is 12.6. The zero-order valence-corrected chi connectivity index (χ0v) is 16.1. The lowest BCUT2D eigenvalue weighted by Crippen LogP contribution is -2.92. The number of carbonyl (C=O) groups excluding carboxylic acids is 1. The monoisotopic (exact) mass is 397 g/mol. The Morgan fingerprint density at radius 1 is 1.16 bits per heavy atom. The van der Waals surface area contributed by atoms with Crippen molar-refractivity contribution in [2.24, 2.45) is 0 Å². The summed E-state index contributed by atoms with van der Waals surface area (Å²) in [6.45, 7) is 1.90. The summed E-state index contributed by atoms with van der Waals surface area (Å²) < 4.78 is 0. The number of carbonyl (C=O) groups is 1.